The average Bonchev–Trinajstić information content (AvgIpc) is 3.22. The summed E-state index contributed by atoms with van der Waals surface area (Å²) >= 11 is 1.70. The summed E-state index contributed by atoms with van der Waals surface area (Å²) in [5, 5.41) is 4.97. The highest BCUT2D eigenvalue weighted by Gasteiger charge is 2.28. The van der Waals surface area contributed by atoms with Gasteiger partial charge in [-0.3, -0.25) is 14.4 Å². The van der Waals surface area contributed by atoms with Gasteiger partial charge in [-0.15, -0.1) is 11.3 Å². The number of fused-ring (bicyclic) bond motifs is 1. The topological polar surface area (TPSA) is 69.7 Å². The molecule has 170 valence electrons. The average molecular weight is 454 g/mol. The van der Waals surface area contributed by atoms with E-state index >= 15 is 0 Å². The van der Waals surface area contributed by atoms with E-state index in [0.29, 0.717) is 32.6 Å². The van der Waals surface area contributed by atoms with Gasteiger partial charge in [0.25, 0.3) is 5.91 Å². The Balaban J connectivity index is 1.53. The zero-order valence-corrected chi connectivity index (χ0v) is 19.5. The van der Waals surface area contributed by atoms with Crippen LogP contribution >= 0.6 is 11.3 Å². The molecule has 0 spiro atoms. The quantitative estimate of drug-likeness (QED) is 0.756. The van der Waals surface area contributed by atoms with Gasteiger partial charge in [0.1, 0.15) is 0 Å². The Bertz CT molecular complexity index is 972. The van der Waals surface area contributed by atoms with Crippen LogP contribution in [0.15, 0.2) is 35.7 Å². The van der Waals surface area contributed by atoms with Crippen LogP contribution in [-0.4, -0.2) is 53.7 Å². The van der Waals surface area contributed by atoms with Crippen LogP contribution in [0.3, 0.4) is 0 Å². The van der Waals surface area contributed by atoms with Gasteiger partial charge < -0.3 is 15.1 Å². The molecule has 1 aliphatic heterocycles. The number of aryl methyl sites for hydroxylation is 1. The van der Waals surface area contributed by atoms with Crippen LogP contribution in [0.25, 0.3) is 0 Å². The summed E-state index contributed by atoms with van der Waals surface area (Å²) in [6.45, 7) is 3.51. The largest absolute Gasteiger partial charge is 0.354 e. The van der Waals surface area contributed by atoms with Crippen LogP contribution < -0.4 is 5.32 Å². The normalized spacial score (nSPS) is 20.2. The predicted molar refractivity (Wildman–Crippen MR) is 126 cm³/mol. The molecule has 4 rings (SSSR count). The number of benzene rings is 1. The van der Waals surface area contributed by atoms with E-state index in [0.717, 1.165) is 30.4 Å². The van der Waals surface area contributed by atoms with E-state index in [1.54, 1.807) is 23.2 Å². The third kappa shape index (κ3) is 5.04. The first-order chi connectivity index (χ1) is 15.5. The standard InChI is InChI=1S/C25H31N3O3S/c1-18(29)28-14-7-13-27(25(31)21-17-32-23-11-6-5-10-20(21)23)15-12-26-24(30)16-22(28)19-8-3-2-4-9-19/h2-4,8-9,17,22H,5-7,10-16H2,1H3,(H,26,30). The van der Waals surface area contributed by atoms with Gasteiger partial charge in [0.15, 0.2) is 0 Å². The molecular weight excluding hydrogens is 422 g/mol. The minimum atomic E-state index is -0.306. The van der Waals surface area contributed by atoms with Crippen molar-refractivity contribution in [2.75, 3.05) is 26.2 Å². The van der Waals surface area contributed by atoms with Gasteiger partial charge in [0.2, 0.25) is 11.8 Å². The minimum Gasteiger partial charge on any atom is -0.354 e. The summed E-state index contributed by atoms with van der Waals surface area (Å²) in [6, 6.07) is 9.41. The zero-order chi connectivity index (χ0) is 22.5. The van der Waals surface area contributed by atoms with E-state index in [-0.39, 0.29) is 30.2 Å². The zero-order valence-electron chi connectivity index (χ0n) is 18.6. The van der Waals surface area contributed by atoms with E-state index in [1.807, 2.05) is 40.6 Å². The third-order valence-electron chi connectivity index (χ3n) is 6.45. The molecular formula is C25H31N3O3S. The highest BCUT2D eigenvalue weighted by atomic mass is 32.1. The summed E-state index contributed by atoms with van der Waals surface area (Å²) < 4.78 is 0. The molecule has 1 atom stereocenters. The first kappa shape index (κ1) is 22.5. The second kappa shape index (κ2) is 10.3. The van der Waals surface area contributed by atoms with E-state index in [2.05, 4.69) is 5.32 Å². The molecule has 7 heteroatoms. The van der Waals surface area contributed by atoms with Crippen molar-refractivity contribution < 1.29 is 14.4 Å². The van der Waals surface area contributed by atoms with Crippen LogP contribution in [-0.2, 0) is 22.4 Å². The number of hydrogen-bond donors (Lipinski definition) is 1. The van der Waals surface area contributed by atoms with Crippen molar-refractivity contribution in [2.24, 2.45) is 0 Å². The predicted octanol–water partition coefficient (Wildman–Crippen LogP) is 3.57. The summed E-state index contributed by atoms with van der Waals surface area (Å²) in [4.78, 5) is 43.6. The van der Waals surface area contributed by atoms with Crippen molar-refractivity contribution in [3.8, 4) is 0 Å². The van der Waals surface area contributed by atoms with E-state index in [1.165, 1.54) is 16.9 Å². The summed E-state index contributed by atoms with van der Waals surface area (Å²) in [6.07, 6.45) is 5.26. The Morgan fingerprint density at radius 3 is 2.59 bits per heavy atom. The van der Waals surface area contributed by atoms with Gasteiger partial charge in [-0.25, -0.2) is 0 Å². The maximum Gasteiger partial charge on any atom is 0.255 e. The SMILES string of the molecule is CC(=O)N1CCCN(C(=O)c2csc3c2CCCC3)CCNC(=O)CC1c1ccccc1. The molecule has 6 nitrogen and oxygen atoms in total. The van der Waals surface area contributed by atoms with Crippen molar-refractivity contribution in [1.29, 1.82) is 0 Å². The lowest BCUT2D eigenvalue weighted by Crippen LogP contribution is -2.39. The van der Waals surface area contributed by atoms with Gasteiger partial charge in [-0.1, -0.05) is 30.3 Å². The van der Waals surface area contributed by atoms with Crippen LogP contribution in [0.2, 0.25) is 0 Å². The van der Waals surface area contributed by atoms with Crippen molar-refractivity contribution >= 4 is 29.1 Å². The monoisotopic (exact) mass is 453 g/mol. The number of carbonyl (C=O) groups is 3. The van der Waals surface area contributed by atoms with E-state index in [9.17, 15) is 14.4 Å². The first-order valence-electron chi connectivity index (χ1n) is 11.5. The molecule has 2 aromatic rings. The van der Waals surface area contributed by atoms with Crippen LogP contribution in [0.1, 0.15) is 65.0 Å². The van der Waals surface area contributed by atoms with Crippen molar-refractivity contribution in [3.63, 3.8) is 0 Å². The van der Waals surface area contributed by atoms with Crippen molar-refractivity contribution in [1.82, 2.24) is 15.1 Å². The Morgan fingerprint density at radius 1 is 1.03 bits per heavy atom. The van der Waals surface area contributed by atoms with Gasteiger partial charge in [-0.05, 0) is 43.2 Å². The lowest BCUT2D eigenvalue weighted by Gasteiger charge is -2.31. The van der Waals surface area contributed by atoms with Crippen LogP contribution in [0, 0.1) is 0 Å². The van der Waals surface area contributed by atoms with Crippen LogP contribution in [0.5, 0.6) is 0 Å². The maximum absolute atomic E-state index is 13.4. The lowest BCUT2D eigenvalue weighted by atomic mass is 9.95. The molecule has 1 aromatic heterocycles. The molecule has 3 amide bonds. The molecule has 1 aromatic carbocycles. The van der Waals surface area contributed by atoms with E-state index < -0.39 is 0 Å². The molecule has 0 bridgehead atoms. The second-order valence-corrected chi connectivity index (χ2v) is 9.56. The molecule has 1 aliphatic carbocycles. The molecule has 0 radical (unpaired) electrons. The van der Waals surface area contributed by atoms with Gasteiger partial charge in [0, 0.05) is 43.4 Å². The molecule has 2 heterocycles. The Hall–Kier alpha value is -2.67. The van der Waals surface area contributed by atoms with Gasteiger partial charge in [-0.2, -0.15) is 0 Å². The molecule has 1 saturated heterocycles. The highest BCUT2D eigenvalue weighted by Crippen LogP contribution is 2.31. The first-order valence-corrected chi connectivity index (χ1v) is 12.4. The number of amides is 3. The Labute approximate surface area is 193 Å². The summed E-state index contributed by atoms with van der Waals surface area (Å²) in [5.74, 6) is -0.116. The number of hydrogen-bond acceptors (Lipinski definition) is 4. The summed E-state index contributed by atoms with van der Waals surface area (Å²) in [5.41, 5.74) is 3.01. The highest BCUT2D eigenvalue weighted by molar-refractivity contribution is 7.10. The third-order valence-corrected chi connectivity index (χ3v) is 7.54. The fourth-order valence-electron chi connectivity index (χ4n) is 4.78. The maximum atomic E-state index is 13.4. The molecule has 2 aliphatic rings. The van der Waals surface area contributed by atoms with Gasteiger partial charge >= 0.3 is 0 Å². The number of rotatable bonds is 2. The number of nitrogens with one attached hydrogen (secondary N) is 1. The van der Waals surface area contributed by atoms with Gasteiger partial charge in [0.05, 0.1) is 18.0 Å². The molecule has 1 fully saturated rings. The van der Waals surface area contributed by atoms with Crippen molar-refractivity contribution in [2.45, 2.75) is 51.5 Å². The lowest BCUT2D eigenvalue weighted by molar-refractivity contribution is -0.132. The molecule has 0 saturated carbocycles. The number of nitrogens with zero attached hydrogens (tertiary/aromatic N) is 2. The number of thiophene rings is 1. The Kier molecular flexibility index (Phi) is 7.25. The fraction of sp³-hybridized carbons (Fsp3) is 0.480. The number of carbonyl (C=O) groups excluding carboxylic acids is 3. The van der Waals surface area contributed by atoms with Crippen LogP contribution in [0.4, 0.5) is 0 Å². The Morgan fingerprint density at radius 2 is 1.81 bits per heavy atom. The molecule has 32 heavy (non-hydrogen) atoms. The smallest absolute Gasteiger partial charge is 0.255 e. The fourth-order valence-corrected chi connectivity index (χ4v) is 5.90. The second-order valence-electron chi connectivity index (χ2n) is 8.60. The molecule has 1 unspecified atom stereocenters. The minimum absolute atomic E-state index is 0.0480. The van der Waals surface area contributed by atoms with E-state index in [4.69, 9.17) is 0 Å². The van der Waals surface area contributed by atoms with Crippen molar-refractivity contribution in [3.05, 3.63) is 57.3 Å². The summed E-state index contributed by atoms with van der Waals surface area (Å²) in [7, 11) is 0. The molecule has 1 N–H and O–H groups in total.